The van der Waals surface area contributed by atoms with Crippen LogP contribution in [0.2, 0.25) is 0 Å². The largest absolute Gasteiger partial charge is 0.363 e. The van der Waals surface area contributed by atoms with Crippen molar-refractivity contribution in [1.29, 1.82) is 0 Å². The van der Waals surface area contributed by atoms with Crippen LogP contribution in [0.1, 0.15) is 44.0 Å². The van der Waals surface area contributed by atoms with Crippen LogP contribution < -0.4 is 5.32 Å². The van der Waals surface area contributed by atoms with Gasteiger partial charge >= 0.3 is 0 Å². The quantitative estimate of drug-likeness (QED) is 0.627. The summed E-state index contributed by atoms with van der Waals surface area (Å²) >= 11 is 0. The fourth-order valence-corrected chi connectivity index (χ4v) is 2.50. The van der Waals surface area contributed by atoms with Gasteiger partial charge in [0.05, 0.1) is 24.1 Å². The Balaban J connectivity index is 1.68. The van der Waals surface area contributed by atoms with E-state index in [1.54, 1.807) is 6.20 Å². The second-order valence-corrected chi connectivity index (χ2v) is 5.74. The van der Waals surface area contributed by atoms with Gasteiger partial charge in [0.1, 0.15) is 5.82 Å². The molecule has 3 aromatic heterocycles. The summed E-state index contributed by atoms with van der Waals surface area (Å²) in [5.41, 5.74) is 2.84. The maximum absolute atomic E-state index is 4.63. The number of allylic oxidation sites excluding steroid dienone is 1. The zero-order valence-electron chi connectivity index (χ0n) is 14.0. The molecule has 0 amide bonds. The van der Waals surface area contributed by atoms with E-state index in [9.17, 15) is 0 Å². The zero-order chi connectivity index (χ0) is 16.6. The van der Waals surface area contributed by atoms with Crippen LogP contribution in [0.5, 0.6) is 0 Å². The number of nitrogens with one attached hydrogen (secondary N) is 1. The second-order valence-electron chi connectivity index (χ2n) is 5.74. The van der Waals surface area contributed by atoms with Crippen LogP contribution in [0.3, 0.4) is 0 Å². The molecule has 0 fully saturated rings. The summed E-state index contributed by atoms with van der Waals surface area (Å²) < 4.78 is 1.87. The molecule has 0 spiro atoms. The van der Waals surface area contributed by atoms with E-state index in [2.05, 4.69) is 39.5 Å². The number of nitrogens with zero attached hydrogens (tertiary/aromatic N) is 4. The van der Waals surface area contributed by atoms with Gasteiger partial charge in [-0.05, 0) is 43.2 Å². The molecule has 0 unspecified atom stereocenters. The molecular formula is C19H23N5. The van der Waals surface area contributed by atoms with Gasteiger partial charge in [0.15, 0.2) is 5.65 Å². The minimum Gasteiger partial charge on any atom is -0.363 e. The number of imidazole rings is 1. The Labute approximate surface area is 142 Å². The molecule has 0 bridgehead atoms. The van der Waals surface area contributed by atoms with Gasteiger partial charge < -0.3 is 5.32 Å². The number of hydrogen-bond acceptors (Lipinski definition) is 4. The Morgan fingerprint density at radius 3 is 2.92 bits per heavy atom. The lowest BCUT2D eigenvalue weighted by molar-refractivity contribution is 0.730. The molecule has 5 nitrogen and oxygen atoms in total. The Morgan fingerprint density at radius 2 is 2.08 bits per heavy atom. The van der Waals surface area contributed by atoms with Gasteiger partial charge in [-0.3, -0.25) is 4.98 Å². The molecule has 0 radical (unpaired) electrons. The first-order valence-corrected chi connectivity index (χ1v) is 8.52. The normalized spacial score (nSPS) is 11.4. The molecule has 0 saturated carbocycles. The Kier molecular flexibility index (Phi) is 5.56. The third-order valence-electron chi connectivity index (χ3n) is 3.83. The third-order valence-corrected chi connectivity index (χ3v) is 3.83. The first-order valence-electron chi connectivity index (χ1n) is 8.52. The van der Waals surface area contributed by atoms with Crippen LogP contribution in [0.15, 0.2) is 48.8 Å². The molecule has 124 valence electrons. The summed E-state index contributed by atoms with van der Waals surface area (Å²) in [6.07, 6.45) is 12.8. The van der Waals surface area contributed by atoms with Crippen LogP contribution in [-0.4, -0.2) is 19.6 Å². The number of hydrogen-bond donors (Lipinski definition) is 1. The number of fused-ring (bicyclic) bond motifs is 1. The monoisotopic (exact) mass is 321 g/mol. The van der Waals surface area contributed by atoms with E-state index < -0.39 is 0 Å². The van der Waals surface area contributed by atoms with Crippen LogP contribution in [0.4, 0.5) is 5.82 Å². The van der Waals surface area contributed by atoms with Crippen LogP contribution in [-0.2, 0) is 6.54 Å². The molecule has 3 heterocycles. The maximum atomic E-state index is 4.63. The third kappa shape index (κ3) is 4.19. The van der Waals surface area contributed by atoms with Crippen molar-refractivity contribution >= 4 is 17.5 Å². The van der Waals surface area contributed by atoms with Crippen molar-refractivity contribution in [3.8, 4) is 0 Å². The molecule has 24 heavy (non-hydrogen) atoms. The maximum Gasteiger partial charge on any atom is 0.154 e. The summed E-state index contributed by atoms with van der Waals surface area (Å²) in [6.45, 7) is 2.87. The molecule has 3 aromatic rings. The lowest BCUT2D eigenvalue weighted by Crippen LogP contribution is -2.05. The number of unbranched alkanes of at least 4 members (excludes halogenated alkanes) is 3. The molecule has 0 aliphatic carbocycles. The SMILES string of the molecule is CCCCCC=Cc1cnc2ccc(NCc3ccccn3)nn12. The van der Waals surface area contributed by atoms with Crippen molar-refractivity contribution in [1.82, 2.24) is 19.6 Å². The molecule has 0 aliphatic rings. The molecular weight excluding hydrogens is 298 g/mol. The topological polar surface area (TPSA) is 55.1 Å². The molecule has 0 aliphatic heterocycles. The number of pyridine rings is 1. The highest BCUT2D eigenvalue weighted by Crippen LogP contribution is 2.12. The predicted octanol–water partition coefficient (Wildman–Crippen LogP) is 4.33. The van der Waals surface area contributed by atoms with Gasteiger partial charge in [0, 0.05) is 6.20 Å². The van der Waals surface area contributed by atoms with Crippen molar-refractivity contribution < 1.29 is 0 Å². The zero-order valence-corrected chi connectivity index (χ0v) is 14.0. The van der Waals surface area contributed by atoms with Gasteiger partial charge in [-0.2, -0.15) is 0 Å². The van der Waals surface area contributed by atoms with Gasteiger partial charge in [-0.1, -0.05) is 31.9 Å². The first-order chi connectivity index (χ1) is 11.9. The summed E-state index contributed by atoms with van der Waals surface area (Å²) in [4.78, 5) is 8.71. The fourth-order valence-electron chi connectivity index (χ4n) is 2.50. The highest BCUT2D eigenvalue weighted by atomic mass is 15.3. The van der Waals surface area contributed by atoms with Crippen molar-refractivity contribution in [3.63, 3.8) is 0 Å². The van der Waals surface area contributed by atoms with Crippen LogP contribution in [0, 0.1) is 0 Å². The van der Waals surface area contributed by atoms with E-state index in [4.69, 9.17) is 0 Å². The Hall–Kier alpha value is -2.69. The van der Waals surface area contributed by atoms with E-state index in [1.807, 2.05) is 41.0 Å². The van der Waals surface area contributed by atoms with E-state index in [0.717, 1.165) is 29.3 Å². The number of anilines is 1. The van der Waals surface area contributed by atoms with E-state index in [1.165, 1.54) is 19.3 Å². The second kappa shape index (κ2) is 8.24. The highest BCUT2D eigenvalue weighted by molar-refractivity contribution is 5.53. The molecule has 0 aromatic carbocycles. The van der Waals surface area contributed by atoms with Gasteiger partial charge in [0.25, 0.3) is 0 Å². The lowest BCUT2D eigenvalue weighted by Gasteiger charge is -2.05. The summed E-state index contributed by atoms with van der Waals surface area (Å²) in [7, 11) is 0. The van der Waals surface area contributed by atoms with Crippen LogP contribution >= 0.6 is 0 Å². The first kappa shape index (κ1) is 16.2. The number of aromatic nitrogens is 4. The minimum atomic E-state index is 0.649. The smallest absolute Gasteiger partial charge is 0.154 e. The Morgan fingerprint density at radius 1 is 1.12 bits per heavy atom. The lowest BCUT2D eigenvalue weighted by atomic mass is 10.2. The van der Waals surface area contributed by atoms with Gasteiger partial charge in [-0.25, -0.2) is 9.50 Å². The van der Waals surface area contributed by atoms with Crippen molar-refractivity contribution in [2.75, 3.05) is 5.32 Å². The summed E-state index contributed by atoms with van der Waals surface area (Å²) in [5, 5.41) is 7.94. The van der Waals surface area contributed by atoms with Crippen molar-refractivity contribution in [3.05, 3.63) is 60.2 Å². The molecule has 5 heteroatoms. The number of rotatable bonds is 8. The van der Waals surface area contributed by atoms with E-state index in [0.29, 0.717) is 6.54 Å². The van der Waals surface area contributed by atoms with E-state index in [-0.39, 0.29) is 0 Å². The van der Waals surface area contributed by atoms with Gasteiger partial charge in [0.2, 0.25) is 0 Å². The minimum absolute atomic E-state index is 0.649. The Bertz CT molecular complexity index is 792. The molecule has 0 saturated heterocycles. The average Bonchev–Trinajstić information content (AvgIpc) is 3.03. The standard InChI is InChI=1S/C19H23N5/c1-2-3-4-5-6-10-17-15-22-19-12-11-18(23-24(17)19)21-14-16-9-7-8-13-20-16/h6-13,15H,2-5,14H2,1H3,(H,21,23). The predicted molar refractivity (Wildman–Crippen MR) is 97.7 cm³/mol. The van der Waals surface area contributed by atoms with Gasteiger partial charge in [-0.15, -0.1) is 5.10 Å². The van der Waals surface area contributed by atoms with E-state index >= 15 is 0 Å². The molecule has 3 rings (SSSR count). The fraction of sp³-hybridized carbons (Fsp3) is 0.316. The average molecular weight is 321 g/mol. The molecule has 1 N–H and O–H groups in total. The van der Waals surface area contributed by atoms with Crippen molar-refractivity contribution in [2.45, 2.75) is 39.2 Å². The van der Waals surface area contributed by atoms with Crippen LogP contribution in [0.25, 0.3) is 11.7 Å². The van der Waals surface area contributed by atoms with Crippen molar-refractivity contribution in [2.24, 2.45) is 0 Å². The molecule has 0 atom stereocenters. The summed E-state index contributed by atoms with van der Waals surface area (Å²) in [6, 6.07) is 9.81. The summed E-state index contributed by atoms with van der Waals surface area (Å²) in [5.74, 6) is 0.812. The highest BCUT2D eigenvalue weighted by Gasteiger charge is 2.03.